The molecule has 0 N–H and O–H groups in total. The Morgan fingerprint density at radius 3 is 2.41 bits per heavy atom. The first-order valence-electron chi connectivity index (χ1n) is 9.40. The van der Waals surface area contributed by atoms with E-state index in [2.05, 4.69) is 0 Å². The van der Waals surface area contributed by atoms with E-state index >= 15 is 0 Å². The Balaban J connectivity index is 1.75. The van der Waals surface area contributed by atoms with E-state index in [1.54, 1.807) is 17.5 Å². The maximum Gasteiger partial charge on any atom is 0.331 e. The lowest BCUT2D eigenvalue weighted by atomic mass is 10.0. The van der Waals surface area contributed by atoms with Crippen LogP contribution in [0.2, 0.25) is 0 Å². The maximum atomic E-state index is 13.2. The van der Waals surface area contributed by atoms with Gasteiger partial charge in [0.1, 0.15) is 4.70 Å². The quantitative estimate of drug-likeness (QED) is 0.461. The zero-order valence-corrected chi connectivity index (χ0v) is 16.8. The molecule has 0 saturated heterocycles. The zero-order chi connectivity index (χ0) is 20.4. The number of benzene rings is 2. The Hall–Kier alpha value is -3.25. The number of rotatable bonds is 6. The molecule has 2 heterocycles. The van der Waals surface area contributed by atoms with Gasteiger partial charge in [-0.25, -0.2) is 4.79 Å². The number of thiophene rings is 1. The number of nitrogens with zero attached hydrogens (tertiary/aromatic N) is 2. The number of aromatic nitrogens is 2. The molecule has 5 nitrogen and oxygen atoms in total. The largest absolute Gasteiger partial charge is 0.331 e. The Kier molecular flexibility index (Phi) is 5.27. The predicted molar refractivity (Wildman–Crippen MR) is 116 cm³/mol. The van der Waals surface area contributed by atoms with Crippen LogP contribution in [-0.2, 0) is 19.5 Å². The summed E-state index contributed by atoms with van der Waals surface area (Å²) in [5.41, 5.74) is 2.28. The van der Waals surface area contributed by atoms with Crippen LogP contribution in [0.1, 0.15) is 21.5 Å². The minimum absolute atomic E-state index is 0.0947. The van der Waals surface area contributed by atoms with E-state index in [0.717, 1.165) is 11.1 Å². The summed E-state index contributed by atoms with van der Waals surface area (Å²) in [6.07, 6.45) is 0.568. The molecule has 0 amide bonds. The molecule has 4 rings (SSSR count). The standard InChI is InChI=1S/C23H20N2O3S/c1-16-7-5-6-10-18(16)20(26)15-25-19-12-14-29-21(19)22(27)24(23(25)28)13-11-17-8-3-2-4-9-17/h2-10,12,14H,11,13,15H2,1H3. The fourth-order valence-electron chi connectivity index (χ4n) is 3.48. The van der Waals surface area contributed by atoms with Crippen LogP contribution in [0.15, 0.2) is 75.6 Å². The summed E-state index contributed by atoms with van der Waals surface area (Å²) >= 11 is 1.29. The van der Waals surface area contributed by atoms with Crippen molar-refractivity contribution in [3.8, 4) is 0 Å². The number of hydrogen-bond acceptors (Lipinski definition) is 4. The van der Waals surface area contributed by atoms with Gasteiger partial charge in [0, 0.05) is 12.1 Å². The van der Waals surface area contributed by atoms with E-state index in [-0.39, 0.29) is 24.4 Å². The van der Waals surface area contributed by atoms with Gasteiger partial charge in [-0.05, 0) is 35.9 Å². The smallest absolute Gasteiger partial charge is 0.292 e. The van der Waals surface area contributed by atoms with Crippen LogP contribution < -0.4 is 11.2 Å². The van der Waals surface area contributed by atoms with E-state index < -0.39 is 5.69 Å². The first kappa shape index (κ1) is 19.1. The molecule has 29 heavy (non-hydrogen) atoms. The Labute approximate surface area is 171 Å². The van der Waals surface area contributed by atoms with Crippen LogP contribution >= 0.6 is 11.3 Å². The van der Waals surface area contributed by atoms with Gasteiger partial charge in [-0.3, -0.25) is 18.7 Å². The molecule has 0 fully saturated rings. The van der Waals surface area contributed by atoms with Crippen LogP contribution in [0.4, 0.5) is 0 Å². The van der Waals surface area contributed by atoms with Crippen molar-refractivity contribution in [2.45, 2.75) is 26.4 Å². The molecule has 0 saturated carbocycles. The van der Waals surface area contributed by atoms with Gasteiger partial charge in [-0.15, -0.1) is 11.3 Å². The summed E-state index contributed by atoms with van der Waals surface area (Å²) in [5, 5.41) is 1.78. The van der Waals surface area contributed by atoms with Crippen molar-refractivity contribution in [1.29, 1.82) is 0 Å². The zero-order valence-electron chi connectivity index (χ0n) is 16.0. The highest BCUT2D eigenvalue weighted by atomic mass is 32.1. The van der Waals surface area contributed by atoms with E-state index in [1.807, 2.05) is 55.5 Å². The molecule has 0 spiro atoms. The van der Waals surface area contributed by atoms with Crippen molar-refractivity contribution < 1.29 is 4.79 Å². The van der Waals surface area contributed by atoms with Gasteiger partial charge in [0.25, 0.3) is 5.56 Å². The highest BCUT2D eigenvalue weighted by molar-refractivity contribution is 7.17. The van der Waals surface area contributed by atoms with Crippen molar-refractivity contribution >= 4 is 27.3 Å². The van der Waals surface area contributed by atoms with Crippen LogP contribution in [0.25, 0.3) is 10.2 Å². The monoisotopic (exact) mass is 404 g/mol. The lowest BCUT2D eigenvalue weighted by molar-refractivity contribution is 0.0970. The van der Waals surface area contributed by atoms with Crippen molar-refractivity contribution in [1.82, 2.24) is 9.13 Å². The number of carbonyl (C=O) groups excluding carboxylic acids is 1. The average Bonchev–Trinajstić information content (AvgIpc) is 3.22. The van der Waals surface area contributed by atoms with Crippen molar-refractivity contribution in [3.05, 3.63) is 104 Å². The highest BCUT2D eigenvalue weighted by Gasteiger charge is 2.18. The molecule has 0 aliphatic carbocycles. The molecule has 6 heteroatoms. The summed E-state index contributed by atoms with van der Waals surface area (Å²) in [5.74, 6) is -0.147. The van der Waals surface area contributed by atoms with Gasteiger partial charge >= 0.3 is 5.69 Å². The number of ketones is 1. The minimum Gasteiger partial charge on any atom is -0.292 e. The molecular formula is C23H20N2O3S. The molecule has 0 aliphatic rings. The third kappa shape index (κ3) is 3.71. The third-order valence-corrected chi connectivity index (χ3v) is 5.94. The SMILES string of the molecule is Cc1ccccc1C(=O)Cn1c(=O)n(CCc2ccccc2)c(=O)c2sccc21. The van der Waals surface area contributed by atoms with Gasteiger partial charge in [0.2, 0.25) is 0 Å². The van der Waals surface area contributed by atoms with Crippen molar-refractivity contribution in [3.63, 3.8) is 0 Å². The van der Waals surface area contributed by atoms with E-state index in [0.29, 0.717) is 22.2 Å². The molecule has 0 atom stereocenters. The summed E-state index contributed by atoms with van der Waals surface area (Å²) < 4.78 is 3.17. The Morgan fingerprint density at radius 2 is 1.66 bits per heavy atom. The molecule has 0 bridgehead atoms. The van der Waals surface area contributed by atoms with Crippen molar-refractivity contribution in [2.75, 3.05) is 0 Å². The molecule has 146 valence electrons. The third-order valence-electron chi connectivity index (χ3n) is 5.05. The van der Waals surface area contributed by atoms with Gasteiger partial charge in [0.15, 0.2) is 5.78 Å². The molecule has 0 aliphatic heterocycles. The first-order chi connectivity index (χ1) is 14.1. The lowest BCUT2D eigenvalue weighted by Gasteiger charge is -2.12. The van der Waals surface area contributed by atoms with Crippen LogP contribution in [-0.4, -0.2) is 14.9 Å². The lowest BCUT2D eigenvalue weighted by Crippen LogP contribution is -2.41. The molecule has 4 aromatic rings. The maximum absolute atomic E-state index is 13.2. The second-order valence-corrected chi connectivity index (χ2v) is 7.85. The van der Waals surface area contributed by atoms with Gasteiger partial charge in [0.05, 0.1) is 12.1 Å². The molecule has 0 radical (unpaired) electrons. The van der Waals surface area contributed by atoms with E-state index in [9.17, 15) is 14.4 Å². The van der Waals surface area contributed by atoms with Crippen LogP contribution in [0.5, 0.6) is 0 Å². The fourth-order valence-corrected chi connectivity index (χ4v) is 4.33. The minimum atomic E-state index is -0.446. The number of hydrogen-bond donors (Lipinski definition) is 0. The topological polar surface area (TPSA) is 61.1 Å². The Morgan fingerprint density at radius 1 is 0.931 bits per heavy atom. The summed E-state index contributed by atoms with van der Waals surface area (Å²) in [6.45, 7) is 2.05. The van der Waals surface area contributed by atoms with Gasteiger partial charge in [-0.2, -0.15) is 0 Å². The molecular weight excluding hydrogens is 384 g/mol. The van der Waals surface area contributed by atoms with Crippen LogP contribution in [0.3, 0.4) is 0 Å². The van der Waals surface area contributed by atoms with E-state index in [1.165, 1.54) is 20.5 Å². The molecule has 0 unspecified atom stereocenters. The number of aryl methyl sites for hydroxylation is 2. The first-order valence-corrected chi connectivity index (χ1v) is 10.3. The van der Waals surface area contributed by atoms with Crippen molar-refractivity contribution in [2.24, 2.45) is 0 Å². The van der Waals surface area contributed by atoms with E-state index in [4.69, 9.17) is 0 Å². The number of carbonyl (C=O) groups is 1. The average molecular weight is 404 g/mol. The number of Topliss-reactive ketones (excluding diaryl/α,β-unsaturated/α-hetero) is 1. The summed E-state index contributed by atoms with van der Waals surface area (Å²) in [6, 6.07) is 18.8. The summed E-state index contributed by atoms with van der Waals surface area (Å²) in [4.78, 5) is 38.9. The Bertz CT molecular complexity index is 1300. The fraction of sp³-hybridized carbons (Fsp3) is 0.174. The second-order valence-electron chi connectivity index (χ2n) is 6.93. The normalized spacial score (nSPS) is 11.1. The summed E-state index contributed by atoms with van der Waals surface area (Å²) in [7, 11) is 0. The molecule has 2 aromatic heterocycles. The second kappa shape index (κ2) is 8.01. The van der Waals surface area contributed by atoms with Crippen LogP contribution in [0, 0.1) is 6.92 Å². The highest BCUT2D eigenvalue weighted by Crippen LogP contribution is 2.17. The molecule has 2 aromatic carbocycles. The predicted octanol–water partition coefficient (Wildman–Crippen LogP) is 3.66. The van der Waals surface area contributed by atoms with Gasteiger partial charge in [-0.1, -0.05) is 54.6 Å². The van der Waals surface area contributed by atoms with Gasteiger partial charge < -0.3 is 0 Å². The number of fused-ring (bicyclic) bond motifs is 1.